The maximum Gasteiger partial charge on any atom is 0 e. The standard InChI is InChI=1S/C21H17.Pd/c1-17-12-14-20(15-13-17)21(19-10-6-3-7-11-19)16-18-8-4-2-5-9-18;/h2-15H,1H3;/q-1;. The van der Waals surface area contributed by atoms with Gasteiger partial charge >= 0.3 is 0 Å². The Morgan fingerprint density at radius 3 is 1.73 bits per heavy atom. The molecule has 0 spiro atoms. The molecule has 0 amide bonds. The molecule has 0 saturated heterocycles. The second-order valence-corrected chi connectivity index (χ2v) is 5.10. The van der Waals surface area contributed by atoms with E-state index in [-0.39, 0.29) is 20.4 Å². The molecular weight excluding hydrogens is 359 g/mol. The minimum atomic E-state index is 0. The summed E-state index contributed by atoms with van der Waals surface area (Å²) < 4.78 is 0. The first-order chi connectivity index (χ1) is 10.3. The fraction of sp³-hybridized carbons (Fsp3) is 0.0476. The first-order valence-corrected chi connectivity index (χ1v) is 7.14. The second kappa shape index (κ2) is 7.90. The van der Waals surface area contributed by atoms with Gasteiger partial charge in [0, 0.05) is 20.4 Å². The molecule has 0 nitrogen and oxygen atoms in total. The van der Waals surface area contributed by atoms with Crippen LogP contribution in [0.25, 0.3) is 5.57 Å². The first kappa shape index (κ1) is 16.4. The first-order valence-electron chi connectivity index (χ1n) is 7.14. The molecule has 0 saturated carbocycles. The van der Waals surface area contributed by atoms with E-state index in [1.807, 2.05) is 24.3 Å². The van der Waals surface area contributed by atoms with Gasteiger partial charge in [0.25, 0.3) is 0 Å². The van der Waals surface area contributed by atoms with E-state index in [0.717, 1.165) is 11.1 Å². The van der Waals surface area contributed by atoms with Gasteiger partial charge in [-0.05, 0) is 6.92 Å². The minimum absolute atomic E-state index is 0. The van der Waals surface area contributed by atoms with E-state index in [9.17, 15) is 0 Å². The molecule has 22 heavy (non-hydrogen) atoms. The summed E-state index contributed by atoms with van der Waals surface area (Å²) in [6.45, 7) is 2.11. The van der Waals surface area contributed by atoms with Gasteiger partial charge < -0.3 is 0 Å². The Bertz CT molecular complexity index is 726. The average Bonchev–Trinajstić information content (AvgIpc) is 2.55. The Morgan fingerprint density at radius 2 is 1.14 bits per heavy atom. The van der Waals surface area contributed by atoms with Crippen LogP contribution in [0.1, 0.15) is 22.3 Å². The van der Waals surface area contributed by atoms with Crippen LogP contribution in [0.4, 0.5) is 0 Å². The molecule has 3 aromatic carbocycles. The summed E-state index contributed by atoms with van der Waals surface area (Å²) in [5, 5.41) is 0. The molecule has 0 N–H and O–H groups in total. The summed E-state index contributed by atoms with van der Waals surface area (Å²) in [4.78, 5) is 0. The van der Waals surface area contributed by atoms with E-state index in [2.05, 4.69) is 73.7 Å². The van der Waals surface area contributed by atoms with E-state index < -0.39 is 0 Å². The summed E-state index contributed by atoms with van der Waals surface area (Å²) in [6.07, 6.45) is 3.55. The van der Waals surface area contributed by atoms with Crippen LogP contribution in [0.2, 0.25) is 0 Å². The largest absolute Gasteiger partial charge is 0.123 e. The van der Waals surface area contributed by atoms with Gasteiger partial charge in [-0.1, -0.05) is 89.5 Å². The fourth-order valence-corrected chi connectivity index (χ4v) is 2.30. The normalized spacial score (nSPS) is 10.9. The van der Waals surface area contributed by atoms with Gasteiger partial charge in [-0.25, -0.2) is 0 Å². The number of hydrogen-bond donors (Lipinski definition) is 0. The zero-order valence-corrected chi connectivity index (χ0v) is 14.0. The Labute approximate surface area is 146 Å². The predicted molar refractivity (Wildman–Crippen MR) is 88.9 cm³/mol. The molecule has 3 aromatic rings. The summed E-state index contributed by atoms with van der Waals surface area (Å²) in [7, 11) is 0. The summed E-state index contributed by atoms with van der Waals surface area (Å²) >= 11 is 0. The van der Waals surface area contributed by atoms with Crippen LogP contribution >= 0.6 is 0 Å². The molecule has 0 unspecified atom stereocenters. The summed E-state index contributed by atoms with van der Waals surface area (Å²) in [5.74, 6) is 0. The van der Waals surface area contributed by atoms with Crippen molar-refractivity contribution in [2.75, 3.05) is 0 Å². The van der Waals surface area contributed by atoms with Gasteiger partial charge in [0.05, 0.1) is 0 Å². The van der Waals surface area contributed by atoms with Crippen molar-refractivity contribution in [2.24, 2.45) is 0 Å². The quantitative estimate of drug-likeness (QED) is 0.332. The van der Waals surface area contributed by atoms with Crippen molar-refractivity contribution in [3.8, 4) is 0 Å². The Hall–Kier alpha value is -1.94. The van der Waals surface area contributed by atoms with Gasteiger partial charge in [0.15, 0.2) is 0 Å². The molecular formula is C21H17Pd-. The molecule has 0 heterocycles. The summed E-state index contributed by atoms with van der Waals surface area (Å²) in [6, 6.07) is 29.3. The van der Waals surface area contributed by atoms with E-state index in [4.69, 9.17) is 0 Å². The van der Waals surface area contributed by atoms with Crippen LogP contribution in [0.5, 0.6) is 0 Å². The Balaban J connectivity index is 0.00000176. The van der Waals surface area contributed by atoms with Crippen LogP contribution in [0.15, 0.2) is 84.9 Å². The van der Waals surface area contributed by atoms with Gasteiger partial charge in [-0.15, -0.1) is 29.3 Å². The van der Waals surface area contributed by atoms with Crippen molar-refractivity contribution in [1.29, 1.82) is 0 Å². The number of rotatable bonds is 3. The van der Waals surface area contributed by atoms with E-state index in [0.29, 0.717) is 0 Å². The number of hydrogen-bond acceptors (Lipinski definition) is 0. The maximum atomic E-state index is 3.55. The fourth-order valence-electron chi connectivity index (χ4n) is 2.30. The van der Waals surface area contributed by atoms with Crippen LogP contribution in [0, 0.1) is 13.0 Å². The van der Waals surface area contributed by atoms with E-state index >= 15 is 0 Å². The van der Waals surface area contributed by atoms with Gasteiger partial charge in [0.2, 0.25) is 0 Å². The molecule has 0 radical (unpaired) electrons. The summed E-state index contributed by atoms with van der Waals surface area (Å²) in [5.41, 5.74) is 5.87. The Morgan fingerprint density at radius 1 is 0.636 bits per heavy atom. The van der Waals surface area contributed by atoms with Crippen molar-refractivity contribution < 1.29 is 20.4 Å². The minimum Gasteiger partial charge on any atom is -0.123 e. The third kappa shape index (κ3) is 4.04. The van der Waals surface area contributed by atoms with Gasteiger partial charge in [-0.2, -0.15) is 0 Å². The van der Waals surface area contributed by atoms with Crippen molar-refractivity contribution >= 4 is 5.57 Å². The molecule has 0 aromatic heterocycles. The molecule has 0 atom stereocenters. The monoisotopic (exact) mass is 375 g/mol. The molecule has 0 aliphatic rings. The molecule has 112 valence electrons. The van der Waals surface area contributed by atoms with Crippen LogP contribution in [0.3, 0.4) is 0 Å². The molecule has 0 bridgehead atoms. The molecule has 0 aliphatic carbocycles. The molecule has 3 rings (SSSR count). The van der Waals surface area contributed by atoms with Crippen molar-refractivity contribution in [3.63, 3.8) is 0 Å². The smallest absolute Gasteiger partial charge is 0 e. The average molecular weight is 376 g/mol. The molecule has 0 aliphatic heterocycles. The molecule has 0 fully saturated rings. The van der Waals surface area contributed by atoms with Crippen molar-refractivity contribution in [1.82, 2.24) is 0 Å². The van der Waals surface area contributed by atoms with Crippen LogP contribution in [-0.4, -0.2) is 0 Å². The van der Waals surface area contributed by atoms with Crippen molar-refractivity contribution in [3.05, 3.63) is 113 Å². The van der Waals surface area contributed by atoms with Crippen LogP contribution in [-0.2, 0) is 20.4 Å². The van der Waals surface area contributed by atoms with E-state index in [1.165, 1.54) is 16.7 Å². The predicted octanol–water partition coefficient (Wildman–Crippen LogP) is 5.28. The molecule has 1 heteroatoms. The van der Waals surface area contributed by atoms with E-state index in [1.54, 1.807) is 0 Å². The topological polar surface area (TPSA) is 0 Å². The van der Waals surface area contributed by atoms with Gasteiger partial charge in [0.1, 0.15) is 0 Å². The maximum absolute atomic E-state index is 3.55. The number of aryl methyl sites for hydroxylation is 1. The third-order valence-electron chi connectivity index (χ3n) is 3.45. The zero-order valence-electron chi connectivity index (χ0n) is 12.4. The van der Waals surface area contributed by atoms with Crippen molar-refractivity contribution in [2.45, 2.75) is 6.92 Å². The third-order valence-corrected chi connectivity index (χ3v) is 3.45. The zero-order chi connectivity index (χ0) is 14.5. The van der Waals surface area contributed by atoms with Crippen LogP contribution < -0.4 is 0 Å². The number of benzene rings is 3. The SMILES string of the molecule is Cc1ccc(C(=[C-]c2ccccc2)c2ccccc2)cc1.[Pd]. The van der Waals surface area contributed by atoms with Gasteiger partial charge in [-0.3, -0.25) is 0 Å². The second-order valence-electron chi connectivity index (χ2n) is 5.10. The Kier molecular flexibility index (Phi) is 5.90.